The van der Waals surface area contributed by atoms with Crippen molar-refractivity contribution in [3.05, 3.63) is 47.3 Å². The van der Waals surface area contributed by atoms with Gasteiger partial charge in [-0.3, -0.25) is 4.79 Å². The molecule has 2 aromatic rings. The Bertz CT molecular complexity index is 814. The highest BCUT2D eigenvalue weighted by Gasteiger charge is 2.36. The second kappa shape index (κ2) is 6.52. The highest BCUT2D eigenvalue weighted by atomic mass is 35.5. The van der Waals surface area contributed by atoms with Crippen molar-refractivity contribution in [1.29, 1.82) is 0 Å². The molecule has 2 heterocycles. The molecule has 0 atom stereocenters. The van der Waals surface area contributed by atoms with Crippen molar-refractivity contribution >= 4 is 23.5 Å². The van der Waals surface area contributed by atoms with Gasteiger partial charge in [0, 0.05) is 31.0 Å². The van der Waals surface area contributed by atoms with Crippen molar-refractivity contribution in [2.45, 2.75) is 26.8 Å². The molecule has 132 valence electrons. The predicted octanol–water partition coefficient (Wildman–Crippen LogP) is 2.72. The van der Waals surface area contributed by atoms with E-state index >= 15 is 0 Å². The molecule has 3 rings (SSSR count). The number of carboxylic acid groups (broad SMARTS) is 1. The van der Waals surface area contributed by atoms with Crippen LogP contribution >= 0.6 is 11.6 Å². The number of carbonyl (C=O) groups is 2. The van der Waals surface area contributed by atoms with Crippen LogP contribution in [-0.4, -0.2) is 44.1 Å². The molecule has 25 heavy (non-hydrogen) atoms. The van der Waals surface area contributed by atoms with Crippen molar-refractivity contribution < 1.29 is 14.7 Å². The molecule has 1 aliphatic rings. The van der Waals surface area contributed by atoms with Gasteiger partial charge in [0.2, 0.25) is 5.91 Å². The summed E-state index contributed by atoms with van der Waals surface area (Å²) in [5.41, 5.74) is 1.57. The van der Waals surface area contributed by atoms with Crippen LogP contribution in [0.1, 0.15) is 35.6 Å². The molecule has 1 N–H and O–H groups in total. The number of carbonyl (C=O) groups excluding carboxylic acids is 1. The Morgan fingerprint density at radius 2 is 1.96 bits per heavy atom. The smallest absolute Gasteiger partial charge is 0.356 e. The number of amides is 1. The number of halogens is 1. The van der Waals surface area contributed by atoms with Crippen molar-refractivity contribution in [3.8, 4) is 5.69 Å². The molecule has 0 saturated heterocycles. The van der Waals surface area contributed by atoms with Gasteiger partial charge in [0.05, 0.1) is 16.8 Å². The van der Waals surface area contributed by atoms with Gasteiger partial charge in [-0.1, -0.05) is 18.2 Å². The molecule has 0 unspecified atom stereocenters. The second-order valence-electron chi connectivity index (χ2n) is 6.82. The van der Waals surface area contributed by atoms with Crippen molar-refractivity contribution in [2.24, 2.45) is 5.41 Å². The van der Waals surface area contributed by atoms with Crippen LogP contribution in [-0.2, 0) is 17.8 Å². The molecule has 0 saturated carbocycles. The summed E-state index contributed by atoms with van der Waals surface area (Å²) in [5, 5.41) is 13.8. The third kappa shape index (κ3) is 3.14. The van der Waals surface area contributed by atoms with E-state index < -0.39 is 11.4 Å². The van der Waals surface area contributed by atoms with E-state index in [1.54, 1.807) is 23.4 Å². The fraction of sp³-hybridized carbons (Fsp3) is 0.389. The number of para-hydroxylation sites is 1. The first-order valence-electron chi connectivity index (χ1n) is 8.10. The van der Waals surface area contributed by atoms with Crippen LogP contribution in [0.25, 0.3) is 5.69 Å². The largest absolute Gasteiger partial charge is 0.476 e. The molecule has 0 aliphatic carbocycles. The van der Waals surface area contributed by atoms with E-state index in [9.17, 15) is 14.7 Å². The number of hydrogen-bond acceptors (Lipinski definition) is 3. The first-order valence-corrected chi connectivity index (χ1v) is 8.63. The van der Waals surface area contributed by atoms with Crippen LogP contribution in [0.5, 0.6) is 0 Å². The highest BCUT2D eigenvalue weighted by Crippen LogP contribution is 2.29. The topological polar surface area (TPSA) is 75.4 Å². The first-order chi connectivity index (χ1) is 11.8. The number of benzene rings is 1. The maximum atomic E-state index is 12.7. The monoisotopic (exact) mass is 361 g/mol. The quantitative estimate of drug-likeness (QED) is 0.849. The number of fused-ring (bicyclic) bond motifs is 1. The standard InChI is InChI=1S/C18H20ClN3O3/c1-18(2,11-19)17(25)21-9-8-14-13(10-21)15(16(23)24)20-22(14)12-6-4-3-5-7-12/h3-7H,8-11H2,1-2H3,(H,23,24). The van der Waals surface area contributed by atoms with E-state index in [1.807, 2.05) is 30.3 Å². The number of aromatic nitrogens is 2. The number of rotatable bonds is 4. The zero-order valence-corrected chi connectivity index (χ0v) is 15.0. The van der Waals surface area contributed by atoms with E-state index in [4.69, 9.17) is 11.6 Å². The lowest BCUT2D eigenvalue weighted by atomic mass is 9.92. The second-order valence-corrected chi connectivity index (χ2v) is 7.09. The van der Waals surface area contributed by atoms with Crippen LogP contribution in [0.4, 0.5) is 0 Å². The van der Waals surface area contributed by atoms with Gasteiger partial charge >= 0.3 is 5.97 Å². The summed E-state index contributed by atoms with van der Waals surface area (Å²) in [6.45, 7) is 4.35. The Kier molecular flexibility index (Phi) is 4.56. The predicted molar refractivity (Wildman–Crippen MR) is 94.1 cm³/mol. The van der Waals surface area contributed by atoms with E-state index in [-0.39, 0.29) is 24.0 Å². The zero-order chi connectivity index (χ0) is 18.2. The fourth-order valence-electron chi connectivity index (χ4n) is 3.03. The molecule has 1 aromatic carbocycles. The Morgan fingerprint density at radius 3 is 2.56 bits per heavy atom. The SMILES string of the molecule is CC(C)(CCl)C(=O)N1CCc2c(c(C(=O)O)nn2-c2ccccc2)C1. The molecule has 1 amide bonds. The Hall–Kier alpha value is -2.34. The van der Waals surface area contributed by atoms with E-state index in [2.05, 4.69) is 5.10 Å². The molecule has 0 spiro atoms. The minimum Gasteiger partial charge on any atom is -0.476 e. The average molecular weight is 362 g/mol. The average Bonchev–Trinajstić information content (AvgIpc) is 3.00. The molecule has 0 radical (unpaired) electrons. The Balaban J connectivity index is 2.01. The molecule has 0 bridgehead atoms. The lowest BCUT2D eigenvalue weighted by Crippen LogP contribution is -2.44. The maximum Gasteiger partial charge on any atom is 0.356 e. The third-order valence-electron chi connectivity index (χ3n) is 4.46. The zero-order valence-electron chi connectivity index (χ0n) is 14.2. The maximum absolute atomic E-state index is 12.7. The van der Waals surface area contributed by atoms with Gasteiger partial charge in [-0.2, -0.15) is 5.10 Å². The minimum absolute atomic E-state index is 0.0000302. The summed E-state index contributed by atoms with van der Waals surface area (Å²) < 4.78 is 1.67. The van der Waals surface area contributed by atoms with Crippen LogP contribution < -0.4 is 0 Å². The summed E-state index contributed by atoms with van der Waals surface area (Å²) >= 11 is 5.92. The highest BCUT2D eigenvalue weighted by molar-refractivity contribution is 6.19. The van der Waals surface area contributed by atoms with E-state index in [1.165, 1.54) is 0 Å². The number of aromatic carboxylic acids is 1. The minimum atomic E-state index is -1.09. The van der Waals surface area contributed by atoms with E-state index in [0.717, 1.165) is 11.4 Å². The lowest BCUT2D eigenvalue weighted by molar-refractivity contribution is -0.140. The van der Waals surface area contributed by atoms with Gasteiger partial charge in [0.15, 0.2) is 5.69 Å². The van der Waals surface area contributed by atoms with Gasteiger partial charge < -0.3 is 10.0 Å². The summed E-state index contributed by atoms with van der Waals surface area (Å²) in [5.74, 6) is -0.946. The lowest BCUT2D eigenvalue weighted by Gasteiger charge is -2.33. The van der Waals surface area contributed by atoms with Gasteiger partial charge in [0.25, 0.3) is 0 Å². The van der Waals surface area contributed by atoms with Gasteiger partial charge in [-0.25, -0.2) is 9.48 Å². The number of alkyl halides is 1. The van der Waals surface area contributed by atoms with Crippen LogP contribution in [0.3, 0.4) is 0 Å². The number of hydrogen-bond donors (Lipinski definition) is 1. The first kappa shape index (κ1) is 17.5. The molecular formula is C18H20ClN3O3. The van der Waals surface area contributed by atoms with Gasteiger partial charge in [-0.15, -0.1) is 11.6 Å². The van der Waals surface area contributed by atoms with Crippen molar-refractivity contribution in [3.63, 3.8) is 0 Å². The van der Waals surface area contributed by atoms with Crippen LogP contribution in [0, 0.1) is 5.41 Å². The normalized spacial score (nSPS) is 14.3. The summed E-state index contributed by atoms with van der Waals surface area (Å²) in [4.78, 5) is 26.0. The van der Waals surface area contributed by atoms with Crippen LogP contribution in [0.2, 0.25) is 0 Å². The molecule has 0 fully saturated rings. The van der Waals surface area contributed by atoms with Crippen molar-refractivity contribution in [1.82, 2.24) is 14.7 Å². The summed E-state index contributed by atoms with van der Waals surface area (Å²) in [6, 6.07) is 9.42. The molecule has 1 aromatic heterocycles. The van der Waals surface area contributed by atoms with E-state index in [0.29, 0.717) is 18.5 Å². The molecular weight excluding hydrogens is 342 g/mol. The van der Waals surface area contributed by atoms with Crippen LogP contribution in [0.15, 0.2) is 30.3 Å². The molecule has 6 nitrogen and oxygen atoms in total. The third-order valence-corrected chi connectivity index (χ3v) is 5.13. The Labute approximate surface area is 151 Å². The van der Waals surface area contributed by atoms with Crippen molar-refractivity contribution in [2.75, 3.05) is 12.4 Å². The number of nitrogens with zero attached hydrogens (tertiary/aromatic N) is 3. The number of carboxylic acids is 1. The van der Waals surface area contributed by atoms with Gasteiger partial charge in [0.1, 0.15) is 0 Å². The summed E-state index contributed by atoms with van der Waals surface area (Å²) in [7, 11) is 0. The Morgan fingerprint density at radius 1 is 1.28 bits per heavy atom. The molecule has 7 heteroatoms. The fourth-order valence-corrected chi connectivity index (χ4v) is 3.15. The van der Waals surface area contributed by atoms with Gasteiger partial charge in [-0.05, 0) is 26.0 Å². The molecule has 1 aliphatic heterocycles. The summed E-state index contributed by atoms with van der Waals surface area (Å²) in [6.07, 6.45) is 0.550.